The molecular weight excluding hydrogens is 853 g/mol. The van der Waals surface area contributed by atoms with Gasteiger partial charge < -0.3 is 61.6 Å². The van der Waals surface area contributed by atoms with Gasteiger partial charge in [0.15, 0.2) is 23.0 Å². The molecule has 2 fully saturated rings. The second kappa shape index (κ2) is 34.7. The molecule has 2 aromatic rings. The lowest BCUT2D eigenvalue weighted by atomic mass is 10.2. The fourth-order valence-corrected chi connectivity index (χ4v) is 7.17. The molecule has 6 aliphatic rings. The zero-order valence-electron chi connectivity index (χ0n) is 39.5. The van der Waals surface area contributed by atoms with Crippen molar-refractivity contribution in [1.29, 1.82) is 0 Å². The standard InChI is InChI=1S/C25H40N2O7.C24H38N2O6/c1-2-11-32-23-3-4-24-25(22-23)34-17-10-27-7-14-30-20-18-28-12-5-26(9-16-33-24)6-13-29-19-21-31-15-8-27;1-2-22-3-4-23-24(21-22)32-16-10-26-7-13-29-19-17-27-11-5-25(9-15-31-23)6-12-28-18-20-30-14-8-26/h2-4,22H,1,5-21H2;2-4,21H,1,5-20H2. The van der Waals surface area contributed by atoms with Gasteiger partial charge in [-0.05, 0) is 29.8 Å². The Balaban J connectivity index is 0.000000248. The van der Waals surface area contributed by atoms with Gasteiger partial charge in [-0.25, -0.2) is 0 Å². The monoisotopic (exact) mass is 931 g/mol. The van der Waals surface area contributed by atoms with E-state index in [4.69, 9.17) is 61.6 Å². The van der Waals surface area contributed by atoms with Gasteiger partial charge in [-0.2, -0.15) is 0 Å². The Bertz CT molecular complexity index is 1540. The van der Waals surface area contributed by atoms with Crippen LogP contribution >= 0.6 is 0 Å². The molecule has 17 nitrogen and oxygen atoms in total. The number of rotatable bonds is 4. The first-order valence-corrected chi connectivity index (χ1v) is 23.9. The van der Waals surface area contributed by atoms with Crippen molar-refractivity contribution in [3.63, 3.8) is 0 Å². The Kier molecular flexibility index (Phi) is 28.1. The molecule has 0 spiro atoms. The maximum Gasteiger partial charge on any atom is 0.164 e. The van der Waals surface area contributed by atoms with Gasteiger partial charge in [-0.1, -0.05) is 31.4 Å². The third kappa shape index (κ3) is 23.0. The fraction of sp³-hybridized carbons (Fsp3) is 0.673. The number of hydrogen-bond acceptors (Lipinski definition) is 17. The van der Waals surface area contributed by atoms with Crippen LogP contribution in [0.4, 0.5) is 0 Å². The maximum atomic E-state index is 6.17. The van der Waals surface area contributed by atoms with Crippen LogP contribution < -0.4 is 23.7 Å². The van der Waals surface area contributed by atoms with Gasteiger partial charge in [0.05, 0.1) is 106 Å². The van der Waals surface area contributed by atoms with Crippen LogP contribution in [0.25, 0.3) is 6.08 Å². The molecule has 6 heterocycles. The maximum absolute atomic E-state index is 6.17. The molecule has 8 rings (SSSR count). The lowest BCUT2D eigenvalue weighted by Gasteiger charge is -2.25. The highest BCUT2D eigenvalue weighted by molar-refractivity contribution is 5.54. The Labute approximate surface area is 393 Å². The highest BCUT2D eigenvalue weighted by Gasteiger charge is 2.15. The van der Waals surface area contributed by atoms with Crippen LogP contribution in [0.5, 0.6) is 28.7 Å². The first-order valence-electron chi connectivity index (χ1n) is 23.9. The van der Waals surface area contributed by atoms with Crippen molar-refractivity contribution in [2.75, 3.05) is 217 Å². The zero-order chi connectivity index (χ0) is 46.0. The smallest absolute Gasteiger partial charge is 0.164 e. The molecule has 0 N–H and O–H groups in total. The van der Waals surface area contributed by atoms with E-state index in [2.05, 4.69) is 32.8 Å². The Hall–Kier alpha value is -3.56. The molecule has 372 valence electrons. The van der Waals surface area contributed by atoms with Crippen LogP contribution in [-0.4, -0.2) is 237 Å². The first kappa shape index (κ1) is 53.4. The number of fused-ring (bicyclic) bond motifs is 36. The second-order valence-corrected chi connectivity index (χ2v) is 15.8. The van der Waals surface area contributed by atoms with Crippen LogP contribution in [0.1, 0.15) is 5.56 Å². The number of nitrogens with zero attached hydrogens (tertiary/aromatic N) is 4. The van der Waals surface area contributed by atoms with Crippen molar-refractivity contribution in [3.05, 3.63) is 61.2 Å². The average molecular weight is 931 g/mol. The summed E-state index contributed by atoms with van der Waals surface area (Å²) in [7, 11) is 0. The summed E-state index contributed by atoms with van der Waals surface area (Å²) in [5, 5.41) is 0. The molecule has 0 atom stereocenters. The molecule has 0 unspecified atom stereocenters. The van der Waals surface area contributed by atoms with Gasteiger partial charge in [0.1, 0.15) is 38.8 Å². The second-order valence-electron chi connectivity index (χ2n) is 15.8. The highest BCUT2D eigenvalue weighted by Crippen LogP contribution is 2.32. The van der Waals surface area contributed by atoms with E-state index in [0.717, 1.165) is 101 Å². The Morgan fingerprint density at radius 1 is 0.364 bits per heavy atom. The van der Waals surface area contributed by atoms with Crippen molar-refractivity contribution in [2.45, 2.75) is 0 Å². The molecule has 0 aliphatic carbocycles. The van der Waals surface area contributed by atoms with Gasteiger partial charge >= 0.3 is 0 Å². The van der Waals surface area contributed by atoms with E-state index in [1.807, 2.05) is 42.5 Å². The average Bonchev–Trinajstić information content (AvgIpc) is 3.33. The topological polar surface area (TPSA) is 133 Å². The summed E-state index contributed by atoms with van der Waals surface area (Å²) in [6.07, 6.45) is 3.54. The molecule has 4 bridgehead atoms. The summed E-state index contributed by atoms with van der Waals surface area (Å²) in [5.41, 5.74) is 1.01. The van der Waals surface area contributed by atoms with E-state index in [1.54, 1.807) is 6.08 Å². The van der Waals surface area contributed by atoms with Crippen LogP contribution in [0.15, 0.2) is 55.6 Å². The summed E-state index contributed by atoms with van der Waals surface area (Å²) in [5.74, 6) is 3.60. The Morgan fingerprint density at radius 2 is 0.667 bits per heavy atom. The largest absolute Gasteiger partial charge is 0.489 e. The SMILES string of the molecule is C=CCOc1ccc2c(c1)OCCN1CCOCCOCCN(CCOCCOCC1)CCO2.C=Cc1ccc2c(c1)OCCN1CCOCCOCCN(CCOCCOCC1)CCO2. The van der Waals surface area contributed by atoms with Crippen molar-refractivity contribution in [2.24, 2.45) is 0 Å². The molecule has 17 heteroatoms. The van der Waals surface area contributed by atoms with E-state index in [9.17, 15) is 0 Å². The van der Waals surface area contributed by atoms with Crippen molar-refractivity contribution in [3.8, 4) is 28.7 Å². The molecule has 0 radical (unpaired) electrons. The molecule has 0 amide bonds. The molecule has 66 heavy (non-hydrogen) atoms. The van der Waals surface area contributed by atoms with Gasteiger partial charge in [0.25, 0.3) is 0 Å². The lowest BCUT2D eigenvalue weighted by Crippen LogP contribution is -2.36. The molecule has 0 saturated carbocycles. The van der Waals surface area contributed by atoms with Gasteiger partial charge in [-0.15, -0.1) is 0 Å². The first-order chi connectivity index (χ1) is 32.7. The summed E-state index contributed by atoms with van der Waals surface area (Å²) >= 11 is 0. The van der Waals surface area contributed by atoms with E-state index >= 15 is 0 Å². The number of hydrogen-bond donors (Lipinski definition) is 0. The third-order valence-electron chi connectivity index (χ3n) is 11.0. The molecule has 2 saturated heterocycles. The summed E-state index contributed by atoms with van der Waals surface area (Å²) in [4.78, 5) is 9.16. The number of ether oxygens (including phenoxy) is 13. The minimum Gasteiger partial charge on any atom is -0.489 e. The van der Waals surface area contributed by atoms with Crippen molar-refractivity contribution < 1.29 is 61.6 Å². The van der Waals surface area contributed by atoms with E-state index in [-0.39, 0.29) is 0 Å². The lowest BCUT2D eigenvalue weighted by molar-refractivity contribution is 0.00505. The van der Waals surface area contributed by atoms with Crippen molar-refractivity contribution in [1.82, 2.24) is 19.6 Å². The summed E-state index contributed by atoms with van der Waals surface area (Å²) < 4.78 is 76.5. The zero-order valence-corrected chi connectivity index (χ0v) is 39.5. The van der Waals surface area contributed by atoms with Crippen LogP contribution in [0, 0.1) is 0 Å². The molecule has 6 aliphatic heterocycles. The van der Waals surface area contributed by atoms with E-state index in [0.29, 0.717) is 150 Å². The predicted octanol–water partition coefficient (Wildman–Crippen LogP) is 3.49. The highest BCUT2D eigenvalue weighted by atomic mass is 16.5. The third-order valence-corrected chi connectivity index (χ3v) is 11.0. The Morgan fingerprint density at radius 3 is 1.00 bits per heavy atom. The predicted molar refractivity (Wildman–Crippen MR) is 253 cm³/mol. The minimum absolute atomic E-state index is 0.437. The normalized spacial score (nSPS) is 25.0. The van der Waals surface area contributed by atoms with E-state index < -0.39 is 0 Å². The molecular formula is C49H78N4O13. The minimum atomic E-state index is 0.437. The van der Waals surface area contributed by atoms with E-state index in [1.165, 1.54) is 0 Å². The van der Waals surface area contributed by atoms with Gasteiger partial charge in [0, 0.05) is 84.6 Å². The fourth-order valence-electron chi connectivity index (χ4n) is 7.17. The summed E-state index contributed by atoms with van der Waals surface area (Å²) in [6, 6.07) is 11.6. The van der Waals surface area contributed by atoms with Crippen LogP contribution in [-0.2, 0) is 37.9 Å². The molecule has 2 aromatic carbocycles. The quantitative estimate of drug-likeness (QED) is 0.414. The van der Waals surface area contributed by atoms with Crippen LogP contribution in [0.2, 0.25) is 0 Å². The molecule has 0 aromatic heterocycles. The number of benzene rings is 2. The van der Waals surface area contributed by atoms with Crippen LogP contribution in [0.3, 0.4) is 0 Å². The summed E-state index contributed by atoms with van der Waals surface area (Å²) in [6.45, 7) is 29.6. The van der Waals surface area contributed by atoms with Crippen molar-refractivity contribution >= 4 is 6.08 Å². The van der Waals surface area contributed by atoms with Gasteiger partial charge in [-0.3, -0.25) is 19.6 Å². The van der Waals surface area contributed by atoms with Gasteiger partial charge in [0.2, 0.25) is 0 Å².